The van der Waals surface area contributed by atoms with E-state index in [9.17, 15) is 5.11 Å². The first kappa shape index (κ1) is 39.4. The largest absolute Gasteiger partial charge is 0.507 e. The molecule has 7 aromatic carbocycles. The van der Waals surface area contributed by atoms with Crippen LogP contribution in [0.4, 0.5) is 0 Å². The molecule has 61 heavy (non-hydrogen) atoms. The van der Waals surface area contributed by atoms with Gasteiger partial charge in [-0.15, -0.1) is 0 Å². The van der Waals surface area contributed by atoms with Crippen molar-refractivity contribution in [2.45, 2.75) is 59.3 Å². The summed E-state index contributed by atoms with van der Waals surface area (Å²) in [4.78, 5) is 10.5. The van der Waals surface area contributed by atoms with Crippen molar-refractivity contribution < 1.29 is 5.11 Å². The lowest BCUT2D eigenvalue weighted by Crippen LogP contribution is -2.17. The van der Waals surface area contributed by atoms with Crippen molar-refractivity contribution in [3.63, 3.8) is 0 Å². The van der Waals surface area contributed by atoms with E-state index in [0.29, 0.717) is 11.4 Å². The van der Waals surface area contributed by atoms with Crippen LogP contribution in [0, 0.1) is 6.92 Å². The number of rotatable bonds is 7. The SMILES string of the molecule is Cc1cc(-c2ccccc2)cc(-n2c(-c3cc(C(C)(C)C)cc(C(C)(C)C)c3O)nc3c(-c4cc(-c5ccccc5)cc(-c5cc(-c6ccccc6)ccn5)c4)cccc32)c1. The van der Waals surface area contributed by atoms with Gasteiger partial charge in [-0.2, -0.15) is 0 Å². The lowest BCUT2D eigenvalue weighted by atomic mass is 9.79. The van der Waals surface area contributed by atoms with Crippen LogP contribution in [0.3, 0.4) is 0 Å². The first-order chi connectivity index (χ1) is 29.3. The molecule has 2 heterocycles. The normalized spacial score (nSPS) is 11.9. The second kappa shape index (κ2) is 15.5. The maximum Gasteiger partial charge on any atom is 0.149 e. The fraction of sp³-hybridized carbons (Fsp3) is 0.158. The Labute approximate surface area is 359 Å². The van der Waals surface area contributed by atoms with Crippen LogP contribution in [0.25, 0.3) is 83.9 Å². The van der Waals surface area contributed by atoms with Gasteiger partial charge < -0.3 is 5.11 Å². The second-order valence-corrected chi connectivity index (χ2v) is 18.2. The molecule has 0 spiro atoms. The third-order valence-electron chi connectivity index (χ3n) is 11.7. The Hall–Kier alpha value is -7.04. The van der Waals surface area contributed by atoms with E-state index in [2.05, 4.69) is 217 Å². The summed E-state index contributed by atoms with van der Waals surface area (Å²) in [6.07, 6.45) is 1.90. The van der Waals surface area contributed by atoms with Crippen molar-refractivity contribution in [2.24, 2.45) is 0 Å². The van der Waals surface area contributed by atoms with Gasteiger partial charge >= 0.3 is 0 Å². The lowest BCUT2D eigenvalue weighted by Gasteiger charge is -2.27. The minimum absolute atomic E-state index is 0.172. The van der Waals surface area contributed by atoms with Crippen LogP contribution in [-0.4, -0.2) is 19.6 Å². The molecular weight excluding hydrogens is 743 g/mol. The van der Waals surface area contributed by atoms with Gasteiger partial charge in [0.2, 0.25) is 0 Å². The van der Waals surface area contributed by atoms with Crippen LogP contribution < -0.4 is 0 Å². The van der Waals surface area contributed by atoms with Gasteiger partial charge in [0.05, 0.1) is 22.3 Å². The molecule has 300 valence electrons. The Bertz CT molecular complexity index is 3040. The number of para-hydroxylation sites is 1. The number of hydrogen-bond acceptors (Lipinski definition) is 3. The van der Waals surface area contributed by atoms with E-state index in [1.54, 1.807) is 0 Å². The van der Waals surface area contributed by atoms with Crippen molar-refractivity contribution in [1.82, 2.24) is 14.5 Å². The maximum atomic E-state index is 12.4. The molecule has 0 aliphatic carbocycles. The van der Waals surface area contributed by atoms with Crippen molar-refractivity contribution in [1.29, 1.82) is 0 Å². The monoisotopic (exact) mass is 793 g/mol. The molecule has 0 radical (unpaired) electrons. The Morgan fingerprint density at radius 3 is 1.69 bits per heavy atom. The van der Waals surface area contributed by atoms with Crippen LogP contribution in [0.5, 0.6) is 5.75 Å². The summed E-state index contributed by atoms with van der Waals surface area (Å²) >= 11 is 0. The average molecular weight is 794 g/mol. The molecule has 0 saturated carbocycles. The summed E-state index contributed by atoms with van der Waals surface area (Å²) in [5.74, 6) is 0.949. The van der Waals surface area contributed by atoms with E-state index in [1.807, 2.05) is 12.3 Å². The van der Waals surface area contributed by atoms with Gasteiger partial charge in [-0.1, -0.05) is 157 Å². The number of benzene rings is 7. The van der Waals surface area contributed by atoms with Gasteiger partial charge in [0.15, 0.2) is 0 Å². The molecule has 0 aliphatic rings. The smallest absolute Gasteiger partial charge is 0.149 e. The van der Waals surface area contributed by atoms with Crippen LogP contribution in [0.2, 0.25) is 0 Å². The molecule has 2 aromatic heterocycles. The molecule has 0 aliphatic heterocycles. The Morgan fingerprint density at radius 2 is 1.07 bits per heavy atom. The van der Waals surface area contributed by atoms with Crippen molar-refractivity contribution >= 4 is 11.0 Å². The highest BCUT2D eigenvalue weighted by atomic mass is 16.3. The van der Waals surface area contributed by atoms with Crippen molar-refractivity contribution in [2.75, 3.05) is 0 Å². The van der Waals surface area contributed by atoms with Gasteiger partial charge in [-0.25, -0.2) is 4.98 Å². The predicted octanol–water partition coefficient (Wildman–Crippen LogP) is 15.0. The molecule has 0 saturated heterocycles. The lowest BCUT2D eigenvalue weighted by molar-refractivity contribution is 0.446. The van der Waals surface area contributed by atoms with Gasteiger partial charge in [0.25, 0.3) is 0 Å². The molecule has 4 nitrogen and oxygen atoms in total. The van der Waals surface area contributed by atoms with Crippen LogP contribution in [0.1, 0.15) is 58.2 Å². The fourth-order valence-corrected chi connectivity index (χ4v) is 8.40. The number of fused-ring (bicyclic) bond motifs is 1. The van der Waals surface area contributed by atoms with Gasteiger partial charge in [-0.3, -0.25) is 9.55 Å². The molecule has 0 atom stereocenters. The number of phenols is 1. The first-order valence-electron chi connectivity index (χ1n) is 21.1. The highest BCUT2D eigenvalue weighted by Crippen LogP contribution is 2.45. The zero-order valence-electron chi connectivity index (χ0n) is 36.0. The summed E-state index contributed by atoms with van der Waals surface area (Å²) < 4.78 is 2.25. The van der Waals surface area contributed by atoms with Crippen molar-refractivity contribution in [3.05, 3.63) is 193 Å². The van der Waals surface area contributed by atoms with Crippen LogP contribution >= 0.6 is 0 Å². The highest BCUT2D eigenvalue weighted by Gasteiger charge is 2.29. The predicted molar refractivity (Wildman–Crippen MR) is 255 cm³/mol. The topological polar surface area (TPSA) is 50.9 Å². The summed E-state index contributed by atoms with van der Waals surface area (Å²) in [5.41, 5.74) is 16.8. The van der Waals surface area contributed by atoms with Crippen LogP contribution in [0.15, 0.2) is 176 Å². The molecule has 0 fully saturated rings. The number of pyridine rings is 1. The third kappa shape index (κ3) is 7.78. The highest BCUT2D eigenvalue weighted by molar-refractivity contribution is 5.98. The number of nitrogens with zero attached hydrogens (tertiary/aromatic N) is 3. The minimum atomic E-state index is -0.313. The summed E-state index contributed by atoms with van der Waals surface area (Å²) in [6, 6.07) is 60.0. The molecular formula is C57H51N3O. The standard InChI is InChI=1S/C57H51N3O/c1-37-28-42(39-20-13-9-14-21-39)33-47(29-37)60-52-25-17-24-48(53(52)59-55(60)49-35-46(56(2,3)4)36-50(54(49)61)57(5,6)7)44-30-43(40-22-15-10-16-23-40)31-45(32-44)51-34-41(26-27-58-51)38-18-11-8-12-19-38/h8-36,61H,1-7H3. The molecule has 9 rings (SSSR count). The van der Waals surface area contributed by atoms with E-state index < -0.39 is 0 Å². The number of phenolic OH excluding ortho intramolecular Hbond substituents is 1. The number of aryl methyl sites for hydroxylation is 1. The Balaban J connectivity index is 1.34. The number of aromatic nitrogens is 3. The Kier molecular flexibility index (Phi) is 10.0. The average Bonchev–Trinajstić information content (AvgIpc) is 3.66. The molecule has 0 unspecified atom stereocenters. The van der Waals surface area contributed by atoms with E-state index in [1.165, 1.54) is 0 Å². The van der Waals surface area contributed by atoms with Gasteiger partial charge in [0, 0.05) is 28.6 Å². The van der Waals surface area contributed by atoms with Gasteiger partial charge in [-0.05, 0) is 122 Å². The quantitative estimate of drug-likeness (QED) is 0.175. The maximum absolute atomic E-state index is 12.4. The summed E-state index contributed by atoms with van der Waals surface area (Å²) in [6.45, 7) is 15.3. The molecule has 1 N–H and O–H groups in total. The number of aromatic hydroxyl groups is 1. The molecule has 0 amide bonds. The second-order valence-electron chi connectivity index (χ2n) is 18.2. The van der Waals surface area contributed by atoms with Crippen LogP contribution in [-0.2, 0) is 10.8 Å². The summed E-state index contributed by atoms with van der Waals surface area (Å²) in [5, 5.41) is 12.4. The molecule has 9 aromatic rings. The van der Waals surface area contributed by atoms with Gasteiger partial charge in [0.1, 0.15) is 11.6 Å². The fourth-order valence-electron chi connectivity index (χ4n) is 8.40. The van der Waals surface area contributed by atoms with E-state index >= 15 is 0 Å². The zero-order chi connectivity index (χ0) is 42.5. The zero-order valence-corrected chi connectivity index (χ0v) is 36.0. The number of imidazole rings is 1. The summed E-state index contributed by atoms with van der Waals surface area (Å²) in [7, 11) is 0. The molecule has 0 bridgehead atoms. The van der Waals surface area contributed by atoms with Crippen molar-refractivity contribution in [3.8, 4) is 78.6 Å². The minimum Gasteiger partial charge on any atom is -0.507 e. The third-order valence-corrected chi connectivity index (χ3v) is 11.7. The van der Waals surface area contributed by atoms with E-state index in [4.69, 9.17) is 9.97 Å². The van der Waals surface area contributed by atoms with E-state index in [0.717, 1.165) is 89.2 Å². The first-order valence-corrected chi connectivity index (χ1v) is 21.1. The number of hydrogen-bond donors (Lipinski definition) is 1. The Morgan fingerprint density at radius 1 is 0.475 bits per heavy atom. The van der Waals surface area contributed by atoms with E-state index in [-0.39, 0.29) is 16.6 Å². The molecule has 4 heteroatoms.